The molecule has 0 aliphatic carbocycles. The standard InChI is InChI=1S/C23H23NO5/c1-26-15-10-17-20(19(11-15)27-2)16-12-18(25)22(28-3)23(29-4)21(16)24(17)13-14-8-6-5-7-9-14/h5-12,25H,13H2,1-4H3. The lowest BCUT2D eigenvalue weighted by Gasteiger charge is -2.14. The Labute approximate surface area is 168 Å². The summed E-state index contributed by atoms with van der Waals surface area (Å²) in [5.41, 5.74) is 2.85. The van der Waals surface area contributed by atoms with Crippen LogP contribution in [-0.4, -0.2) is 38.1 Å². The quantitative estimate of drug-likeness (QED) is 0.519. The molecule has 0 saturated carbocycles. The van der Waals surface area contributed by atoms with Gasteiger partial charge in [0.15, 0.2) is 11.5 Å². The number of aromatic hydroxyl groups is 1. The monoisotopic (exact) mass is 393 g/mol. The molecule has 1 heterocycles. The third-order valence-corrected chi connectivity index (χ3v) is 5.12. The van der Waals surface area contributed by atoms with Crippen molar-refractivity contribution >= 4 is 21.8 Å². The molecule has 0 spiro atoms. The highest BCUT2D eigenvalue weighted by atomic mass is 16.5. The second-order valence-electron chi connectivity index (χ2n) is 6.65. The second kappa shape index (κ2) is 7.47. The van der Waals surface area contributed by atoms with E-state index >= 15 is 0 Å². The third-order valence-electron chi connectivity index (χ3n) is 5.12. The van der Waals surface area contributed by atoms with E-state index in [1.807, 2.05) is 30.3 Å². The van der Waals surface area contributed by atoms with Crippen LogP contribution in [-0.2, 0) is 6.54 Å². The van der Waals surface area contributed by atoms with Crippen LogP contribution in [0, 0.1) is 0 Å². The molecule has 0 amide bonds. The second-order valence-corrected chi connectivity index (χ2v) is 6.65. The lowest BCUT2D eigenvalue weighted by molar-refractivity contribution is 0.335. The van der Waals surface area contributed by atoms with Gasteiger partial charge in [0.2, 0.25) is 5.75 Å². The smallest absolute Gasteiger partial charge is 0.205 e. The number of nitrogens with zero attached hydrogens (tertiary/aromatic N) is 1. The predicted molar refractivity (Wildman–Crippen MR) is 113 cm³/mol. The van der Waals surface area contributed by atoms with Gasteiger partial charge in [0, 0.05) is 24.1 Å². The van der Waals surface area contributed by atoms with Crippen molar-refractivity contribution in [3.8, 4) is 28.7 Å². The van der Waals surface area contributed by atoms with Crippen molar-refractivity contribution in [2.24, 2.45) is 0 Å². The highest BCUT2D eigenvalue weighted by Crippen LogP contribution is 2.49. The van der Waals surface area contributed by atoms with Gasteiger partial charge in [-0.25, -0.2) is 0 Å². The van der Waals surface area contributed by atoms with Crippen LogP contribution in [0.2, 0.25) is 0 Å². The molecule has 3 aromatic carbocycles. The first-order valence-electron chi connectivity index (χ1n) is 9.18. The number of phenolic OH excluding ortho intramolecular Hbond substituents is 1. The van der Waals surface area contributed by atoms with Gasteiger partial charge < -0.3 is 28.6 Å². The molecule has 6 nitrogen and oxygen atoms in total. The fourth-order valence-corrected chi connectivity index (χ4v) is 3.85. The summed E-state index contributed by atoms with van der Waals surface area (Å²) in [5.74, 6) is 2.11. The zero-order valence-electron chi connectivity index (χ0n) is 16.9. The summed E-state index contributed by atoms with van der Waals surface area (Å²) in [6.45, 7) is 0.599. The summed E-state index contributed by atoms with van der Waals surface area (Å²) in [5, 5.41) is 12.2. The molecule has 150 valence electrons. The summed E-state index contributed by atoms with van der Waals surface area (Å²) in [6, 6.07) is 15.6. The maximum Gasteiger partial charge on any atom is 0.205 e. The Morgan fingerprint density at radius 2 is 1.55 bits per heavy atom. The summed E-state index contributed by atoms with van der Waals surface area (Å²) >= 11 is 0. The SMILES string of the molecule is COc1cc(OC)c2c3cc(O)c(OC)c(OC)c3n(Cc3ccccc3)c2c1. The maximum atomic E-state index is 10.6. The van der Waals surface area contributed by atoms with Crippen LogP contribution in [0.3, 0.4) is 0 Å². The first-order valence-corrected chi connectivity index (χ1v) is 9.18. The number of hydrogen-bond donors (Lipinski definition) is 1. The zero-order valence-corrected chi connectivity index (χ0v) is 16.9. The molecule has 1 N–H and O–H groups in total. The van der Waals surface area contributed by atoms with Crippen molar-refractivity contribution in [3.63, 3.8) is 0 Å². The molecule has 29 heavy (non-hydrogen) atoms. The van der Waals surface area contributed by atoms with Gasteiger partial charge in [-0.15, -0.1) is 0 Å². The van der Waals surface area contributed by atoms with Gasteiger partial charge in [-0.2, -0.15) is 0 Å². The first-order chi connectivity index (χ1) is 14.1. The van der Waals surface area contributed by atoms with E-state index in [-0.39, 0.29) is 5.75 Å². The lowest BCUT2D eigenvalue weighted by atomic mass is 10.1. The average Bonchev–Trinajstić information content (AvgIpc) is 3.05. The largest absolute Gasteiger partial charge is 0.504 e. The molecule has 0 saturated heterocycles. The normalized spacial score (nSPS) is 11.0. The topological polar surface area (TPSA) is 62.1 Å². The predicted octanol–water partition coefficient (Wildman–Crippen LogP) is 4.58. The molecule has 0 atom stereocenters. The molecule has 4 rings (SSSR count). The summed E-state index contributed by atoms with van der Waals surface area (Å²) in [4.78, 5) is 0. The molecule has 0 unspecified atom stereocenters. The Kier molecular flexibility index (Phi) is 4.84. The number of ether oxygens (including phenoxy) is 4. The Morgan fingerprint density at radius 3 is 2.17 bits per heavy atom. The maximum absolute atomic E-state index is 10.6. The van der Waals surface area contributed by atoms with E-state index < -0.39 is 0 Å². The lowest BCUT2D eigenvalue weighted by Crippen LogP contribution is -2.02. The highest BCUT2D eigenvalue weighted by molar-refractivity contribution is 6.14. The molecule has 0 fully saturated rings. The van der Waals surface area contributed by atoms with Gasteiger partial charge in [-0.1, -0.05) is 30.3 Å². The Morgan fingerprint density at radius 1 is 0.828 bits per heavy atom. The molecule has 6 heteroatoms. The Balaban J connectivity index is 2.18. The first kappa shape index (κ1) is 18.8. The van der Waals surface area contributed by atoms with Gasteiger partial charge in [-0.3, -0.25) is 0 Å². The zero-order chi connectivity index (χ0) is 20.5. The number of benzene rings is 3. The van der Waals surface area contributed by atoms with Crippen LogP contribution < -0.4 is 18.9 Å². The summed E-state index contributed by atoms with van der Waals surface area (Å²) < 4.78 is 24.4. The van der Waals surface area contributed by atoms with Crippen LogP contribution in [0.1, 0.15) is 5.56 Å². The minimum atomic E-state index is 0.00785. The molecule has 0 aliphatic heterocycles. The van der Waals surface area contributed by atoms with Crippen LogP contribution in [0.4, 0.5) is 0 Å². The van der Waals surface area contributed by atoms with E-state index in [1.54, 1.807) is 27.4 Å². The fourth-order valence-electron chi connectivity index (χ4n) is 3.85. The van der Waals surface area contributed by atoms with Crippen LogP contribution >= 0.6 is 0 Å². The van der Waals surface area contributed by atoms with Gasteiger partial charge in [0.25, 0.3) is 0 Å². The van der Waals surface area contributed by atoms with E-state index in [9.17, 15) is 5.11 Å². The van der Waals surface area contributed by atoms with Gasteiger partial charge in [-0.05, 0) is 11.6 Å². The van der Waals surface area contributed by atoms with E-state index in [4.69, 9.17) is 18.9 Å². The Hall–Kier alpha value is -3.54. The Bertz CT molecular complexity index is 1180. The average molecular weight is 393 g/mol. The van der Waals surface area contributed by atoms with E-state index in [2.05, 4.69) is 16.7 Å². The van der Waals surface area contributed by atoms with Crippen molar-refractivity contribution < 1.29 is 24.1 Å². The van der Waals surface area contributed by atoms with Gasteiger partial charge in [0.1, 0.15) is 11.5 Å². The van der Waals surface area contributed by atoms with E-state index in [1.165, 1.54) is 7.11 Å². The third kappa shape index (κ3) is 2.97. The molecule has 4 aromatic rings. The van der Waals surface area contributed by atoms with Crippen molar-refractivity contribution in [3.05, 3.63) is 54.1 Å². The number of rotatable bonds is 6. The highest BCUT2D eigenvalue weighted by Gasteiger charge is 2.24. The molecule has 1 aromatic heterocycles. The van der Waals surface area contributed by atoms with Crippen LogP contribution in [0.25, 0.3) is 21.8 Å². The number of hydrogen-bond acceptors (Lipinski definition) is 5. The number of aromatic nitrogens is 1. The van der Waals surface area contributed by atoms with Crippen molar-refractivity contribution in [1.82, 2.24) is 4.57 Å². The molecule has 0 aliphatic rings. The molecule has 0 bridgehead atoms. The minimum Gasteiger partial charge on any atom is -0.504 e. The molecule has 0 radical (unpaired) electrons. The van der Waals surface area contributed by atoms with Crippen molar-refractivity contribution in [2.45, 2.75) is 6.54 Å². The van der Waals surface area contributed by atoms with Crippen molar-refractivity contribution in [1.29, 1.82) is 0 Å². The fraction of sp³-hybridized carbons (Fsp3) is 0.217. The van der Waals surface area contributed by atoms with Crippen LogP contribution in [0.15, 0.2) is 48.5 Å². The van der Waals surface area contributed by atoms with Crippen LogP contribution in [0.5, 0.6) is 28.7 Å². The van der Waals surface area contributed by atoms with Gasteiger partial charge in [0.05, 0.1) is 44.9 Å². The van der Waals surface area contributed by atoms with Crippen molar-refractivity contribution in [2.75, 3.05) is 28.4 Å². The molecular weight excluding hydrogens is 370 g/mol. The van der Waals surface area contributed by atoms with Gasteiger partial charge >= 0.3 is 0 Å². The number of phenols is 1. The minimum absolute atomic E-state index is 0.00785. The molecular formula is C23H23NO5. The van der Waals surface area contributed by atoms with E-state index in [0.717, 1.165) is 27.4 Å². The number of fused-ring (bicyclic) bond motifs is 3. The summed E-state index contributed by atoms with van der Waals surface area (Å²) in [7, 11) is 6.33. The van der Waals surface area contributed by atoms with E-state index in [0.29, 0.717) is 29.5 Å². The number of methoxy groups -OCH3 is 4. The summed E-state index contributed by atoms with van der Waals surface area (Å²) in [6.07, 6.45) is 0.